The van der Waals surface area contributed by atoms with Crippen LogP contribution in [0.2, 0.25) is 0 Å². The summed E-state index contributed by atoms with van der Waals surface area (Å²) in [4.78, 5) is 32.2. The van der Waals surface area contributed by atoms with Gasteiger partial charge in [-0.05, 0) is 51.0 Å². The predicted molar refractivity (Wildman–Crippen MR) is 116 cm³/mol. The Hall–Kier alpha value is -3.79. The summed E-state index contributed by atoms with van der Waals surface area (Å²) in [5.41, 5.74) is 3.75. The van der Waals surface area contributed by atoms with Crippen molar-refractivity contribution in [1.82, 2.24) is 29.5 Å². The van der Waals surface area contributed by atoms with Crippen molar-refractivity contribution in [2.75, 3.05) is 18.5 Å². The van der Waals surface area contributed by atoms with Gasteiger partial charge in [0.15, 0.2) is 5.65 Å². The van der Waals surface area contributed by atoms with Crippen LogP contribution >= 0.6 is 0 Å². The quantitative estimate of drug-likeness (QED) is 0.492. The van der Waals surface area contributed by atoms with Crippen LogP contribution in [-0.4, -0.2) is 48.6 Å². The van der Waals surface area contributed by atoms with Crippen LogP contribution < -0.4 is 10.9 Å². The van der Waals surface area contributed by atoms with Gasteiger partial charge in [0.2, 0.25) is 5.95 Å². The highest BCUT2D eigenvalue weighted by molar-refractivity contribution is 5.91. The SMILES string of the molecule is CCOCC(=O)Nc1cc(C)nn1-c1nc2c(cnn2-c2ccc(C)c(C)c2)c(=O)[nH]1. The first-order valence-corrected chi connectivity index (χ1v) is 9.87. The van der Waals surface area contributed by atoms with Gasteiger partial charge in [0.25, 0.3) is 11.5 Å². The summed E-state index contributed by atoms with van der Waals surface area (Å²) >= 11 is 0. The average Bonchev–Trinajstić information content (AvgIpc) is 3.32. The Labute approximate surface area is 177 Å². The lowest BCUT2D eigenvalue weighted by atomic mass is 10.1. The average molecular weight is 421 g/mol. The van der Waals surface area contributed by atoms with E-state index in [2.05, 4.69) is 25.5 Å². The number of fused-ring (bicyclic) bond motifs is 1. The first-order chi connectivity index (χ1) is 14.9. The Morgan fingerprint density at radius 3 is 2.71 bits per heavy atom. The fourth-order valence-electron chi connectivity index (χ4n) is 3.18. The zero-order chi connectivity index (χ0) is 22.1. The van der Waals surface area contributed by atoms with Gasteiger partial charge in [-0.3, -0.25) is 14.6 Å². The first-order valence-electron chi connectivity index (χ1n) is 9.87. The van der Waals surface area contributed by atoms with E-state index in [9.17, 15) is 9.59 Å². The van der Waals surface area contributed by atoms with E-state index in [0.717, 1.165) is 16.8 Å². The molecule has 0 saturated carbocycles. The lowest BCUT2D eigenvalue weighted by molar-refractivity contribution is -0.120. The number of aromatic amines is 1. The van der Waals surface area contributed by atoms with Crippen LogP contribution in [0.25, 0.3) is 22.7 Å². The van der Waals surface area contributed by atoms with E-state index in [4.69, 9.17) is 4.74 Å². The molecule has 0 aliphatic rings. The predicted octanol–water partition coefficient (Wildman–Crippen LogP) is 2.19. The molecule has 3 aromatic heterocycles. The maximum atomic E-state index is 12.7. The minimum Gasteiger partial charge on any atom is -0.372 e. The van der Waals surface area contributed by atoms with Crippen LogP contribution in [0.3, 0.4) is 0 Å². The van der Waals surface area contributed by atoms with Crippen LogP contribution in [0.1, 0.15) is 23.7 Å². The molecule has 0 bridgehead atoms. The molecule has 160 valence electrons. The summed E-state index contributed by atoms with van der Waals surface area (Å²) in [6.45, 7) is 7.99. The van der Waals surface area contributed by atoms with Crippen molar-refractivity contribution >= 4 is 22.8 Å². The lowest BCUT2D eigenvalue weighted by Crippen LogP contribution is -2.22. The molecule has 10 nitrogen and oxygen atoms in total. The summed E-state index contributed by atoms with van der Waals surface area (Å²) in [5, 5.41) is 11.8. The number of ether oxygens (including phenoxy) is 1. The van der Waals surface area contributed by atoms with Crippen LogP contribution in [0.4, 0.5) is 5.82 Å². The number of benzene rings is 1. The highest BCUT2D eigenvalue weighted by Crippen LogP contribution is 2.19. The van der Waals surface area contributed by atoms with Gasteiger partial charge in [-0.15, -0.1) is 0 Å². The number of rotatable bonds is 6. The topological polar surface area (TPSA) is 120 Å². The second-order valence-electron chi connectivity index (χ2n) is 7.22. The monoisotopic (exact) mass is 421 g/mol. The Morgan fingerprint density at radius 2 is 1.97 bits per heavy atom. The van der Waals surface area contributed by atoms with Crippen molar-refractivity contribution in [3.05, 3.63) is 57.6 Å². The molecule has 0 saturated heterocycles. The molecule has 10 heteroatoms. The molecule has 0 unspecified atom stereocenters. The van der Waals surface area contributed by atoms with Crippen molar-refractivity contribution < 1.29 is 9.53 Å². The van der Waals surface area contributed by atoms with E-state index in [1.54, 1.807) is 17.7 Å². The van der Waals surface area contributed by atoms with Crippen molar-refractivity contribution in [2.45, 2.75) is 27.7 Å². The highest BCUT2D eigenvalue weighted by atomic mass is 16.5. The van der Waals surface area contributed by atoms with E-state index in [1.807, 2.05) is 39.0 Å². The standard InChI is InChI=1S/C21H23N7O3/c1-5-31-11-18(29)23-17-9-14(4)26-28(17)21-24-19-16(20(30)25-21)10-22-27(19)15-7-6-12(2)13(3)8-15/h6-10H,5,11H2,1-4H3,(H,23,29)(H,24,25,30). The molecule has 0 radical (unpaired) electrons. The zero-order valence-corrected chi connectivity index (χ0v) is 17.8. The van der Waals surface area contributed by atoms with Crippen LogP contribution in [0.5, 0.6) is 0 Å². The van der Waals surface area contributed by atoms with Crippen LogP contribution in [0.15, 0.2) is 35.3 Å². The van der Waals surface area contributed by atoms with Gasteiger partial charge >= 0.3 is 0 Å². The molecule has 3 heterocycles. The molecule has 4 rings (SSSR count). The Kier molecular flexibility index (Phi) is 5.38. The fraction of sp³-hybridized carbons (Fsp3) is 0.286. The number of carbonyl (C=O) groups excluding carboxylic acids is 1. The summed E-state index contributed by atoms with van der Waals surface area (Å²) in [6.07, 6.45) is 1.49. The van der Waals surface area contributed by atoms with Crippen molar-refractivity contribution in [3.8, 4) is 11.6 Å². The largest absolute Gasteiger partial charge is 0.372 e. The lowest BCUT2D eigenvalue weighted by Gasteiger charge is -2.09. The van der Waals surface area contributed by atoms with Gasteiger partial charge in [0.1, 0.15) is 17.8 Å². The molecule has 0 aliphatic carbocycles. The molecule has 0 fully saturated rings. The highest BCUT2D eigenvalue weighted by Gasteiger charge is 2.17. The molecule has 31 heavy (non-hydrogen) atoms. The molecule has 2 N–H and O–H groups in total. The number of nitrogens with one attached hydrogen (secondary N) is 2. The van der Waals surface area contributed by atoms with Gasteiger partial charge in [0.05, 0.1) is 17.6 Å². The molecule has 1 aromatic carbocycles. The zero-order valence-electron chi connectivity index (χ0n) is 17.8. The molecular formula is C21H23N7O3. The van der Waals surface area contributed by atoms with Crippen molar-refractivity contribution in [1.29, 1.82) is 0 Å². The minimum absolute atomic E-state index is 0.0801. The van der Waals surface area contributed by atoms with Crippen molar-refractivity contribution in [2.24, 2.45) is 0 Å². The van der Waals surface area contributed by atoms with Gasteiger partial charge in [0, 0.05) is 12.7 Å². The molecule has 4 aromatic rings. The summed E-state index contributed by atoms with van der Waals surface area (Å²) in [5.74, 6) is 0.219. The van der Waals surface area contributed by atoms with E-state index < -0.39 is 0 Å². The number of nitrogens with zero attached hydrogens (tertiary/aromatic N) is 5. The molecule has 0 atom stereocenters. The number of anilines is 1. The number of H-pyrrole nitrogens is 1. The third-order valence-electron chi connectivity index (χ3n) is 4.90. The Balaban J connectivity index is 1.80. The second-order valence-corrected chi connectivity index (χ2v) is 7.22. The number of aromatic nitrogens is 6. The van der Waals surface area contributed by atoms with Crippen LogP contribution in [0, 0.1) is 20.8 Å². The second kappa shape index (κ2) is 8.15. The van der Waals surface area contributed by atoms with Crippen LogP contribution in [-0.2, 0) is 9.53 Å². The van der Waals surface area contributed by atoms with E-state index >= 15 is 0 Å². The first kappa shape index (κ1) is 20.5. The van der Waals surface area contributed by atoms with E-state index in [1.165, 1.54) is 10.9 Å². The van der Waals surface area contributed by atoms with Gasteiger partial charge in [-0.2, -0.15) is 19.9 Å². The number of carbonyl (C=O) groups is 1. The summed E-state index contributed by atoms with van der Waals surface area (Å²) in [7, 11) is 0. The molecule has 0 aliphatic heterocycles. The third-order valence-corrected chi connectivity index (χ3v) is 4.90. The normalized spacial score (nSPS) is 11.2. The van der Waals surface area contributed by atoms with Gasteiger partial charge in [-0.1, -0.05) is 6.07 Å². The Morgan fingerprint density at radius 1 is 1.16 bits per heavy atom. The molecule has 1 amide bonds. The van der Waals surface area contributed by atoms with E-state index in [-0.39, 0.29) is 24.0 Å². The van der Waals surface area contributed by atoms with Gasteiger partial charge in [-0.25, -0.2) is 4.68 Å². The maximum Gasteiger partial charge on any atom is 0.263 e. The molecular weight excluding hydrogens is 398 g/mol. The summed E-state index contributed by atoms with van der Waals surface area (Å²) < 4.78 is 8.14. The number of aryl methyl sites for hydroxylation is 3. The number of hydrogen-bond acceptors (Lipinski definition) is 6. The summed E-state index contributed by atoms with van der Waals surface area (Å²) in [6, 6.07) is 7.60. The van der Waals surface area contributed by atoms with E-state index in [0.29, 0.717) is 29.2 Å². The fourth-order valence-corrected chi connectivity index (χ4v) is 3.18. The Bertz CT molecular complexity index is 1330. The van der Waals surface area contributed by atoms with Crippen molar-refractivity contribution in [3.63, 3.8) is 0 Å². The minimum atomic E-state index is -0.352. The third kappa shape index (κ3) is 3.97. The molecule has 0 spiro atoms. The van der Waals surface area contributed by atoms with Gasteiger partial charge < -0.3 is 10.1 Å². The smallest absolute Gasteiger partial charge is 0.263 e. The maximum absolute atomic E-state index is 12.7. The number of amides is 1. The number of hydrogen-bond donors (Lipinski definition) is 2.